The maximum absolute atomic E-state index is 11.8. The third-order valence-electron chi connectivity index (χ3n) is 3.43. The van der Waals surface area contributed by atoms with Gasteiger partial charge in [-0.05, 0) is 23.8 Å². The van der Waals surface area contributed by atoms with E-state index in [0.29, 0.717) is 5.92 Å². The second-order valence-electron chi connectivity index (χ2n) is 4.30. The van der Waals surface area contributed by atoms with Crippen molar-refractivity contribution in [3.8, 4) is 5.75 Å². The zero-order valence-corrected chi connectivity index (χ0v) is 9.12. The number of fused-ring (bicyclic) bond motifs is 3. The quantitative estimate of drug-likeness (QED) is 0.721. The van der Waals surface area contributed by atoms with E-state index in [2.05, 4.69) is 10.6 Å². The smallest absolute Gasteiger partial charge is 0.251 e. The van der Waals surface area contributed by atoms with E-state index in [0.717, 1.165) is 30.0 Å². The molecule has 0 spiro atoms. The molecule has 16 heavy (non-hydrogen) atoms. The maximum atomic E-state index is 11.8. The molecule has 0 radical (unpaired) electrons. The highest BCUT2D eigenvalue weighted by atomic mass is 16.5. The third-order valence-corrected chi connectivity index (χ3v) is 3.43. The van der Waals surface area contributed by atoms with Crippen LogP contribution in [0.4, 0.5) is 0 Å². The van der Waals surface area contributed by atoms with Crippen LogP contribution in [0.1, 0.15) is 21.8 Å². The lowest BCUT2D eigenvalue weighted by atomic mass is 9.86. The number of hydrogen-bond donors (Lipinski definition) is 2. The average Bonchev–Trinajstić information content (AvgIpc) is 2.76. The molecule has 84 valence electrons. The van der Waals surface area contributed by atoms with Crippen molar-refractivity contribution in [3.63, 3.8) is 0 Å². The summed E-state index contributed by atoms with van der Waals surface area (Å²) in [7, 11) is 1.65. The summed E-state index contributed by atoms with van der Waals surface area (Å²) in [5.41, 5.74) is 1.89. The number of ether oxygens (including phenoxy) is 1. The van der Waals surface area contributed by atoms with E-state index < -0.39 is 0 Å². The van der Waals surface area contributed by atoms with Crippen LogP contribution < -0.4 is 15.4 Å². The zero-order valence-electron chi connectivity index (χ0n) is 9.12. The molecule has 2 heterocycles. The maximum Gasteiger partial charge on any atom is 0.251 e. The lowest BCUT2D eigenvalue weighted by molar-refractivity contribution is 0.0924. The Morgan fingerprint density at radius 3 is 3.06 bits per heavy atom. The van der Waals surface area contributed by atoms with Gasteiger partial charge in [-0.2, -0.15) is 0 Å². The van der Waals surface area contributed by atoms with Crippen LogP contribution >= 0.6 is 0 Å². The summed E-state index contributed by atoms with van der Waals surface area (Å²) in [6, 6.07) is 5.89. The van der Waals surface area contributed by atoms with Crippen LogP contribution in [0, 0.1) is 0 Å². The van der Waals surface area contributed by atoms with Crippen molar-refractivity contribution >= 4 is 5.91 Å². The summed E-state index contributed by atoms with van der Waals surface area (Å²) in [5, 5.41) is 6.34. The van der Waals surface area contributed by atoms with Gasteiger partial charge in [0.2, 0.25) is 0 Å². The van der Waals surface area contributed by atoms with Crippen LogP contribution in [0.5, 0.6) is 5.75 Å². The SMILES string of the molecule is COc1ccc2c(c1)C1CNCC1NC2=O. The largest absolute Gasteiger partial charge is 0.497 e. The van der Waals surface area contributed by atoms with Crippen LogP contribution in [-0.4, -0.2) is 32.1 Å². The van der Waals surface area contributed by atoms with Crippen molar-refractivity contribution in [3.05, 3.63) is 29.3 Å². The molecule has 1 fully saturated rings. The molecule has 0 aromatic heterocycles. The number of hydrogen-bond acceptors (Lipinski definition) is 3. The first-order chi connectivity index (χ1) is 7.79. The minimum atomic E-state index is 0.0302. The molecule has 0 aliphatic carbocycles. The van der Waals surface area contributed by atoms with Gasteiger partial charge in [-0.15, -0.1) is 0 Å². The second-order valence-corrected chi connectivity index (χ2v) is 4.30. The molecule has 2 N–H and O–H groups in total. The van der Waals surface area contributed by atoms with Gasteiger partial charge in [0.15, 0.2) is 0 Å². The molecule has 0 saturated carbocycles. The van der Waals surface area contributed by atoms with Crippen molar-refractivity contribution in [2.75, 3.05) is 20.2 Å². The number of benzene rings is 1. The van der Waals surface area contributed by atoms with Crippen molar-refractivity contribution in [2.45, 2.75) is 12.0 Å². The van der Waals surface area contributed by atoms with E-state index in [1.54, 1.807) is 7.11 Å². The van der Waals surface area contributed by atoms with Gasteiger partial charge in [-0.25, -0.2) is 0 Å². The van der Waals surface area contributed by atoms with Crippen LogP contribution in [0.3, 0.4) is 0 Å². The van der Waals surface area contributed by atoms with Crippen molar-refractivity contribution in [1.29, 1.82) is 0 Å². The monoisotopic (exact) mass is 218 g/mol. The predicted molar refractivity (Wildman–Crippen MR) is 59.9 cm³/mol. The number of carbonyl (C=O) groups excluding carboxylic acids is 1. The predicted octanol–water partition coefficient (Wildman–Crippen LogP) is 0.494. The van der Waals surface area contributed by atoms with E-state index >= 15 is 0 Å². The third kappa shape index (κ3) is 1.30. The van der Waals surface area contributed by atoms with Crippen LogP contribution in [0.2, 0.25) is 0 Å². The van der Waals surface area contributed by atoms with E-state index in [4.69, 9.17) is 4.74 Å². The molecule has 2 atom stereocenters. The second kappa shape index (κ2) is 3.49. The minimum Gasteiger partial charge on any atom is -0.497 e. The molecule has 1 saturated heterocycles. The van der Waals surface area contributed by atoms with Crippen LogP contribution in [0.25, 0.3) is 0 Å². The molecular weight excluding hydrogens is 204 g/mol. The molecule has 1 aromatic carbocycles. The molecule has 4 nitrogen and oxygen atoms in total. The number of amides is 1. The summed E-state index contributed by atoms with van der Waals surface area (Å²) in [5.74, 6) is 1.23. The van der Waals surface area contributed by atoms with Crippen LogP contribution in [0.15, 0.2) is 18.2 Å². The Kier molecular flexibility index (Phi) is 2.11. The number of rotatable bonds is 1. The van der Waals surface area contributed by atoms with E-state index in [1.165, 1.54) is 0 Å². The molecule has 1 amide bonds. The Morgan fingerprint density at radius 2 is 2.25 bits per heavy atom. The van der Waals surface area contributed by atoms with Gasteiger partial charge >= 0.3 is 0 Å². The topological polar surface area (TPSA) is 50.4 Å². The van der Waals surface area contributed by atoms with Crippen molar-refractivity contribution in [2.24, 2.45) is 0 Å². The Bertz CT molecular complexity index is 445. The Morgan fingerprint density at radius 1 is 1.38 bits per heavy atom. The van der Waals surface area contributed by atoms with Gasteiger partial charge in [0.25, 0.3) is 5.91 Å². The summed E-state index contributed by atoms with van der Waals surface area (Å²) in [6.07, 6.45) is 0. The number of methoxy groups -OCH3 is 1. The Hall–Kier alpha value is -1.55. The summed E-state index contributed by atoms with van der Waals surface area (Å²) in [6.45, 7) is 1.78. The molecule has 3 rings (SSSR count). The first-order valence-corrected chi connectivity index (χ1v) is 5.49. The fourth-order valence-corrected chi connectivity index (χ4v) is 2.58. The lowest BCUT2D eigenvalue weighted by Gasteiger charge is -2.28. The molecule has 2 aliphatic heterocycles. The summed E-state index contributed by atoms with van der Waals surface area (Å²) >= 11 is 0. The highest BCUT2D eigenvalue weighted by molar-refractivity contribution is 5.97. The van der Waals surface area contributed by atoms with Crippen molar-refractivity contribution in [1.82, 2.24) is 10.6 Å². The lowest BCUT2D eigenvalue weighted by Crippen LogP contribution is -2.44. The summed E-state index contributed by atoms with van der Waals surface area (Å²) in [4.78, 5) is 11.8. The molecular formula is C12H14N2O2. The normalized spacial score (nSPS) is 26.9. The molecule has 1 aromatic rings. The molecule has 0 bridgehead atoms. The van der Waals surface area contributed by atoms with Crippen LogP contribution in [-0.2, 0) is 0 Å². The van der Waals surface area contributed by atoms with Gasteiger partial charge in [-0.1, -0.05) is 0 Å². The average molecular weight is 218 g/mol. The fraction of sp³-hybridized carbons (Fsp3) is 0.417. The molecule has 2 unspecified atom stereocenters. The number of carbonyl (C=O) groups is 1. The van der Waals surface area contributed by atoms with Crippen molar-refractivity contribution < 1.29 is 9.53 Å². The number of nitrogens with one attached hydrogen (secondary N) is 2. The fourth-order valence-electron chi connectivity index (χ4n) is 2.58. The molecule has 2 aliphatic rings. The first kappa shape index (κ1) is 9.66. The van der Waals surface area contributed by atoms with E-state index in [9.17, 15) is 4.79 Å². The van der Waals surface area contributed by atoms with Gasteiger partial charge < -0.3 is 15.4 Å². The highest BCUT2D eigenvalue weighted by Crippen LogP contribution is 2.32. The van der Waals surface area contributed by atoms with Gasteiger partial charge in [0, 0.05) is 30.6 Å². The summed E-state index contributed by atoms with van der Waals surface area (Å²) < 4.78 is 5.21. The van der Waals surface area contributed by atoms with Gasteiger partial charge in [-0.3, -0.25) is 4.79 Å². The van der Waals surface area contributed by atoms with Gasteiger partial charge in [0.05, 0.1) is 7.11 Å². The van der Waals surface area contributed by atoms with E-state index in [1.807, 2.05) is 18.2 Å². The van der Waals surface area contributed by atoms with E-state index in [-0.39, 0.29) is 11.9 Å². The molecule has 4 heteroatoms. The minimum absolute atomic E-state index is 0.0302. The zero-order chi connectivity index (χ0) is 11.1. The van der Waals surface area contributed by atoms with Gasteiger partial charge in [0.1, 0.15) is 5.75 Å². The first-order valence-electron chi connectivity index (χ1n) is 5.49. The Balaban J connectivity index is 2.10. The standard InChI is InChI=1S/C12H14N2O2/c1-16-7-2-3-8-9(4-7)10-5-13-6-11(10)14-12(8)15/h2-4,10-11,13H,5-6H2,1H3,(H,14,15). The highest BCUT2D eigenvalue weighted by Gasteiger charge is 2.36. The Labute approximate surface area is 94.0 Å².